The van der Waals surface area contributed by atoms with Gasteiger partial charge in [0.05, 0.1) is 0 Å². The SMILES string of the molecule is NC(=O)C(=Cc1ccc2c(c1)CCCC2)c1ccc(O)cc1. The van der Waals surface area contributed by atoms with Crippen molar-refractivity contribution in [1.82, 2.24) is 0 Å². The molecule has 0 radical (unpaired) electrons. The lowest BCUT2D eigenvalue weighted by atomic mass is 9.90. The van der Waals surface area contributed by atoms with Crippen molar-refractivity contribution in [2.45, 2.75) is 25.7 Å². The molecule has 0 aromatic heterocycles. The molecule has 112 valence electrons. The highest BCUT2D eigenvalue weighted by Crippen LogP contribution is 2.25. The first-order valence-corrected chi connectivity index (χ1v) is 7.56. The van der Waals surface area contributed by atoms with E-state index in [2.05, 4.69) is 12.1 Å². The second-order valence-corrected chi connectivity index (χ2v) is 5.70. The monoisotopic (exact) mass is 293 g/mol. The third-order valence-corrected chi connectivity index (χ3v) is 4.13. The van der Waals surface area contributed by atoms with Crippen LogP contribution in [0, 0.1) is 0 Å². The molecule has 3 N–H and O–H groups in total. The van der Waals surface area contributed by atoms with E-state index >= 15 is 0 Å². The summed E-state index contributed by atoms with van der Waals surface area (Å²) in [6, 6.07) is 12.8. The molecule has 0 aliphatic heterocycles. The van der Waals surface area contributed by atoms with Gasteiger partial charge in [0, 0.05) is 5.57 Å². The first-order chi connectivity index (χ1) is 10.6. The van der Waals surface area contributed by atoms with Crippen LogP contribution in [0.1, 0.15) is 35.1 Å². The van der Waals surface area contributed by atoms with Crippen molar-refractivity contribution < 1.29 is 9.90 Å². The normalized spacial score (nSPS) is 14.5. The lowest BCUT2D eigenvalue weighted by molar-refractivity contribution is -0.112. The topological polar surface area (TPSA) is 63.3 Å². The minimum absolute atomic E-state index is 0.168. The lowest BCUT2D eigenvalue weighted by Gasteiger charge is -2.16. The van der Waals surface area contributed by atoms with Crippen molar-refractivity contribution in [3.63, 3.8) is 0 Å². The minimum atomic E-state index is -0.469. The molecule has 0 unspecified atom stereocenters. The summed E-state index contributed by atoms with van der Waals surface area (Å²) in [7, 11) is 0. The van der Waals surface area contributed by atoms with Gasteiger partial charge in [-0.05, 0) is 66.1 Å². The maximum atomic E-state index is 11.8. The number of benzene rings is 2. The molecular weight excluding hydrogens is 274 g/mol. The Morgan fingerprint density at radius 3 is 2.36 bits per heavy atom. The van der Waals surface area contributed by atoms with E-state index in [0.717, 1.165) is 18.4 Å². The Balaban J connectivity index is 1.99. The molecular formula is C19H19NO2. The van der Waals surface area contributed by atoms with Gasteiger partial charge in [0.1, 0.15) is 5.75 Å². The summed E-state index contributed by atoms with van der Waals surface area (Å²) in [5.41, 5.74) is 10.5. The molecule has 1 amide bonds. The van der Waals surface area contributed by atoms with Gasteiger partial charge in [0.15, 0.2) is 0 Å². The van der Waals surface area contributed by atoms with Gasteiger partial charge < -0.3 is 10.8 Å². The summed E-state index contributed by atoms with van der Waals surface area (Å²) in [5.74, 6) is -0.301. The number of primary amides is 1. The standard InChI is InChI=1S/C19H19NO2/c20-19(22)18(15-7-9-17(21)10-8-15)12-13-5-6-14-3-1-2-4-16(14)11-13/h5-12,21H,1-4H2,(H2,20,22). The summed E-state index contributed by atoms with van der Waals surface area (Å²) < 4.78 is 0. The van der Waals surface area contributed by atoms with Crippen molar-refractivity contribution in [2.24, 2.45) is 5.73 Å². The number of carbonyl (C=O) groups excluding carboxylic acids is 1. The van der Waals surface area contributed by atoms with Gasteiger partial charge in [0.25, 0.3) is 0 Å². The molecule has 0 fully saturated rings. The minimum Gasteiger partial charge on any atom is -0.508 e. The van der Waals surface area contributed by atoms with E-state index in [1.807, 2.05) is 12.1 Å². The van der Waals surface area contributed by atoms with E-state index in [1.54, 1.807) is 24.3 Å². The fourth-order valence-corrected chi connectivity index (χ4v) is 2.95. The number of nitrogens with two attached hydrogens (primary N) is 1. The fraction of sp³-hybridized carbons (Fsp3) is 0.211. The van der Waals surface area contributed by atoms with E-state index < -0.39 is 5.91 Å². The van der Waals surface area contributed by atoms with Gasteiger partial charge in [-0.1, -0.05) is 30.3 Å². The Bertz CT molecular complexity index is 730. The number of aryl methyl sites for hydroxylation is 2. The molecule has 0 saturated carbocycles. The lowest BCUT2D eigenvalue weighted by Crippen LogP contribution is -2.12. The number of aromatic hydroxyl groups is 1. The van der Waals surface area contributed by atoms with Crippen LogP contribution in [-0.2, 0) is 17.6 Å². The number of hydrogen-bond acceptors (Lipinski definition) is 2. The molecule has 0 bridgehead atoms. The zero-order chi connectivity index (χ0) is 15.5. The predicted octanol–water partition coefficient (Wildman–Crippen LogP) is 3.30. The van der Waals surface area contributed by atoms with E-state index in [0.29, 0.717) is 11.1 Å². The van der Waals surface area contributed by atoms with Crippen LogP contribution in [0.5, 0.6) is 5.75 Å². The van der Waals surface area contributed by atoms with Gasteiger partial charge in [-0.3, -0.25) is 4.79 Å². The van der Waals surface area contributed by atoms with E-state index in [-0.39, 0.29) is 5.75 Å². The highest BCUT2D eigenvalue weighted by atomic mass is 16.3. The number of amides is 1. The highest BCUT2D eigenvalue weighted by molar-refractivity contribution is 6.23. The summed E-state index contributed by atoms with van der Waals surface area (Å²) >= 11 is 0. The molecule has 3 nitrogen and oxygen atoms in total. The number of carbonyl (C=O) groups is 1. The van der Waals surface area contributed by atoms with E-state index in [1.165, 1.54) is 24.0 Å². The van der Waals surface area contributed by atoms with Crippen LogP contribution < -0.4 is 5.73 Å². The number of rotatable bonds is 3. The molecule has 1 aliphatic rings. The first-order valence-electron chi connectivity index (χ1n) is 7.56. The molecule has 0 heterocycles. The summed E-state index contributed by atoms with van der Waals surface area (Å²) in [6.45, 7) is 0. The molecule has 1 aliphatic carbocycles. The predicted molar refractivity (Wildman–Crippen MR) is 88.3 cm³/mol. The molecule has 3 rings (SSSR count). The molecule has 3 heteroatoms. The van der Waals surface area contributed by atoms with Gasteiger partial charge in [-0.25, -0.2) is 0 Å². The van der Waals surface area contributed by atoms with Gasteiger partial charge in [0.2, 0.25) is 5.91 Å². The van der Waals surface area contributed by atoms with Crippen LogP contribution in [0.3, 0.4) is 0 Å². The van der Waals surface area contributed by atoms with E-state index in [9.17, 15) is 9.90 Å². The van der Waals surface area contributed by atoms with Gasteiger partial charge in [-0.15, -0.1) is 0 Å². The van der Waals surface area contributed by atoms with Crippen LogP contribution >= 0.6 is 0 Å². The van der Waals surface area contributed by atoms with Crippen molar-refractivity contribution in [3.8, 4) is 5.75 Å². The highest BCUT2D eigenvalue weighted by Gasteiger charge is 2.11. The van der Waals surface area contributed by atoms with Crippen LogP contribution in [0.2, 0.25) is 0 Å². The quantitative estimate of drug-likeness (QED) is 0.673. The molecule has 2 aromatic carbocycles. The first kappa shape index (κ1) is 14.4. The van der Waals surface area contributed by atoms with Crippen molar-refractivity contribution in [2.75, 3.05) is 0 Å². The second kappa shape index (κ2) is 6.06. The Labute approximate surface area is 130 Å². The summed E-state index contributed by atoms with van der Waals surface area (Å²) in [5, 5.41) is 9.36. The number of phenols is 1. The number of phenolic OH excluding ortho intramolecular Hbond substituents is 1. The molecule has 0 atom stereocenters. The third-order valence-electron chi connectivity index (χ3n) is 4.13. The fourth-order valence-electron chi connectivity index (χ4n) is 2.95. The Hall–Kier alpha value is -2.55. The van der Waals surface area contributed by atoms with Gasteiger partial charge in [-0.2, -0.15) is 0 Å². The molecule has 0 spiro atoms. The molecule has 22 heavy (non-hydrogen) atoms. The van der Waals surface area contributed by atoms with Crippen molar-refractivity contribution in [1.29, 1.82) is 0 Å². The maximum Gasteiger partial charge on any atom is 0.249 e. The summed E-state index contributed by atoms with van der Waals surface area (Å²) in [6.07, 6.45) is 6.54. The van der Waals surface area contributed by atoms with Crippen LogP contribution in [0.15, 0.2) is 42.5 Å². The molecule has 0 saturated heterocycles. The number of hydrogen-bond donors (Lipinski definition) is 2. The average Bonchev–Trinajstić information content (AvgIpc) is 2.53. The largest absolute Gasteiger partial charge is 0.508 e. The van der Waals surface area contributed by atoms with Crippen molar-refractivity contribution >= 4 is 17.6 Å². The van der Waals surface area contributed by atoms with Crippen LogP contribution in [0.25, 0.3) is 11.6 Å². The third kappa shape index (κ3) is 3.03. The number of fused-ring (bicyclic) bond motifs is 1. The smallest absolute Gasteiger partial charge is 0.249 e. The zero-order valence-corrected chi connectivity index (χ0v) is 12.4. The second-order valence-electron chi connectivity index (χ2n) is 5.70. The maximum absolute atomic E-state index is 11.8. The average molecular weight is 293 g/mol. The van der Waals surface area contributed by atoms with Crippen molar-refractivity contribution in [3.05, 3.63) is 64.7 Å². The van der Waals surface area contributed by atoms with E-state index in [4.69, 9.17) is 5.73 Å². The Morgan fingerprint density at radius 2 is 1.68 bits per heavy atom. The van der Waals surface area contributed by atoms with Crippen LogP contribution in [-0.4, -0.2) is 11.0 Å². The summed E-state index contributed by atoms with van der Waals surface area (Å²) in [4.78, 5) is 11.8. The Kier molecular flexibility index (Phi) is 3.96. The Morgan fingerprint density at radius 1 is 1.00 bits per heavy atom. The zero-order valence-electron chi connectivity index (χ0n) is 12.4. The van der Waals surface area contributed by atoms with Crippen LogP contribution in [0.4, 0.5) is 0 Å². The van der Waals surface area contributed by atoms with Gasteiger partial charge >= 0.3 is 0 Å². The molecule has 2 aromatic rings.